The van der Waals surface area contributed by atoms with Crippen LogP contribution in [-0.4, -0.2) is 38.5 Å². The van der Waals surface area contributed by atoms with E-state index in [1.807, 2.05) is 41.9 Å². The van der Waals surface area contributed by atoms with Crippen molar-refractivity contribution in [3.8, 4) is 16.9 Å². The zero-order valence-electron chi connectivity index (χ0n) is 18.5. The number of benzene rings is 3. The first kappa shape index (κ1) is 20.3. The predicted octanol–water partition coefficient (Wildman–Crippen LogP) is 4.48. The predicted molar refractivity (Wildman–Crippen MR) is 129 cm³/mol. The molecule has 3 heterocycles. The average Bonchev–Trinajstić information content (AvgIpc) is 3.27. The number of aromatic amines is 1. The SMILES string of the molecule is Cn1c(C(=O)N2CCOc3ccc(-c4ccc5nc(N)[nH]c5c4)cc3C2)cc2cc(F)ccc21. The molecule has 1 aliphatic heterocycles. The molecule has 0 spiro atoms. The topological polar surface area (TPSA) is 89.2 Å². The highest BCUT2D eigenvalue weighted by Crippen LogP contribution is 2.31. The van der Waals surface area contributed by atoms with E-state index in [0.717, 1.165) is 39.0 Å². The maximum Gasteiger partial charge on any atom is 0.270 e. The van der Waals surface area contributed by atoms with E-state index in [9.17, 15) is 9.18 Å². The number of nitrogen functional groups attached to an aromatic ring is 1. The highest BCUT2D eigenvalue weighted by Gasteiger charge is 2.24. The van der Waals surface area contributed by atoms with Crippen LogP contribution < -0.4 is 10.5 Å². The molecule has 170 valence electrons. The van der Waals surface area contributed by atoms with Gasteiger partial charge < -0.3 is 24.9 Å². The van der Waals surface area contributed by atoms with Crippen LogP contribution in [0.3, 0.4) is 0 Å². The van der Waals surface area contributed by atoms with Gasteiger partial charge in [-0.2, -0.15) is 0 Å². The van der Waals surface area contributed by atoms with Crippen LogP contribution in [0.1, 0.15) is 16.1 Å². The normalized spacial score (nSPS) is 13.6. The third-order valence-electron chi connectivity index (χ3n) is 6.38. The minimum absolute atomic E-state index is 0.115. The van der Waals surface area contributed by atoms with Crippen molar-refractivity contribution in [1.29, 1.82) is 0 Å². The van der Waals surface area contributed by atoms with Gasteiger partial charge in [-0.15, -0.1) is 0 Å². The Balaban J connectivity index is 1.34. The summed E-state index contributed by atoms with van der Waals surface area (Å²) in [5.41, 5.74) is 11.7. The lowest BCUT2D eigenvalue weighted by molar-refractivity contribution is 0.0724. The fourth-order valence-electron chi connectivity index (χ4n) is 4.64. The summed E-state index contributed by atoms with van der Waals surface area (Å²) in [4.78, 5) is 22.6. The molecule has 0 bridgehead atoms. The lowest BCUT2D eigenvalue weighted by Gasteiger charge is -2.20. The average molecular weight is 455 g/mol. The van der Waals surface area contributed by atoms with Gasteiger partial charge in [0.2, 0.25) is 0 Å². The molecule has 0 saturated carbocycles. The molecule has 0 atom stereocenters. The quantitative estimate of drug-likeness (QED) is 0.411. The molecule has 3 N–H and O–H groups in total. The number of fused-ring (bicyclic) bond motifs is 3. The Bertz CT molecular complexity index is 1590. The van der Waals surface area contributed by atoms with Gasteiger partial charge in [0.15, 0.2) is 5.95 Å². The highest BCUT2D eigenvalue weighted by atomic mass is 19.1. The van der Waals surface area contributed by atoms with Crippen molar-refractivity contribution >= 4 is 33.8 Å². The number of ether oxygens (including phenoxy) is 1. The third kappa shape index (κ3) is 3.35. The molecule has 3 aromatic carbocycles. The molecular weight excluding hydrogens is 433 g/mol. The van der Waals surface area contributed by atoms with Crippen molar-refractivity contribution in [1.82, 2.24) is 19.4 Å². The number of hydrogen-bond donors (Lipinski definition) is 2. The first-order chi connectivity index (χ1) is 16.5. The number of nitrogens with zero attached hydrogens (tertiary/aromatic N) is 3. The number of aryl methyl sites for hydroxylation is 1. The Kier molecular flexibility index (Phi) is 4.55. The van der Waals surface area contributed by atoms with Gasteiger partial charge in [-0.3, -0.25) is 4.79 Å². The zero-order chi connectivity index (χ0) is 23.4. The highest BCUT2D eigenvalue weighted by molar-refractivity contribution is 5.98. The molecule has 6 rings (SSSR count). The Morgan fingerprint density at radius 1 is 1.09 bits per heavy atom. The summed E-state index contributed by atoms with van der Waals surface area (Å²) in [5.74, 6) is 0.714. The smallest absolute Gasteiger partial charge is 0.270 e. The molecular formula is C26H22FN5O2. The van der Waals surface area contributed by atoms with Gasteiger partial charge in [-0.1, -0.05) is 12.1 Å². The molecule has 1 aliphatic rings. The summed E-state index contributed by atoms with van der Waals surface area (Å²) in [6.45, 7) is 1.27. The fraction of sp³-hybridized carbons (Fsp3) is 0.154. The number of nitrogens with two attached hydrogens (primary N) is 1. The van der Waals surface area contributed by atoms with Gasteiger partial charge >= 0.3 is 0 Å². The van der Waals surface area contributed by atoms with Crippen LogP contribution in [0.4, 0.5) is 10.3 Å². The Labute approximate surface area is 194 Å². The molecule has 0 fully saturated rings. The van der Waals surface area contributed by atoms with Crippen molar-refractivity contribution in [3.05, 3.63) is 77.7 Å². The lowest BCUT2D eigenvalue weighted by Crippen LogP contribution is -2.33. The van der Waals surface area contributed by atoms with Gasteiger partial charge in [0.25, 0.3) is 5.91 Å². The largest absolute Gasteiger partial charge is 0.491 e. The molecule has 0 unspecified atom stereocenters. The van der Waals surface area contributed by atoms with Crippen molar-refractivity contribution in [3.63, 3.8) is 0 Å². The number of hydrogen-bond acceptors (Lipinski definition) is 4. The first-order valence-corrected chi connectivity index (χ1v) is 11.0. The molecule has 2 aromatic heterocycles. The number of carbonyl (C=O) groups is 1. The standard InChI is InChI=1S/C26H22FN5O2/c1-31-22-6-4-19(27)11-17(22)13-23(31)25(33)32-8-9-34-24-7-3-15(10-18(24)14-32)16-2-5-20-21(12-16)30-26(28)29-20/h2-7,10-13H,8-9,14H2,1H3,(H3,28,29,30). The molecule has 7 nitrogen and oxygen atoms in total. The third-order valence-corrected chi connectivity index (χ3v) is 6.38. The fourth-order valence-corrected chi connectivity index (χ4v) is 4.64. The van der Waals surface area contributed by atoms with E-state index in [-0.39, 0.29) is 11.7 Å². The van der Waals surface area contributed by atoms with E-state index in [1.165, 1.54) is 12.1 Å². The summed E-state index contributed by atoms with van der Waals surface area (Å²) in [7, 11) is 1.83. The monoisotopic (exact) mass is 455 g/mol. The number of aromatic nitrogens is 3. The van der Waals surface area contributed by atoms with E-state index in [4.69, 9.17) is 10.5 Å². The molecule has 8 heteroatoms. The van der Waals surface area contributed by atoms with Crippen LogP contribution in [-0.2, 0) is 13.6 Å². The van der Waals surface area contributed by atoms with Gasteiger partial charge in [0, 0.05) is 30.1 Å². The van der Waals surface area contributed by atoms with Crippen molar-refractivity contribution in [2.45, 2.75) is 6.54 Å². The van der Waals surface area contributed by atoms with E-state index < -0.39 is 0 Å². The molecule has 0 radical (unpaired) electrons. The summed E-state index contributed by atoms with van der Waals surface area (Å²) in [6, 6.07) is 18.2. The summed E-state index contributed by atoms with van der Waals surface area (Å²) in [6.07, 6.45) is 0. The van der Waals surface area contributed by atoms with Crippen molar-refractivity contribution in [2.24, 2.45) is 7.05 Å². The number of halogens is 1. The molecule has 34 heavy (non-hydrogen) atoms. The second-order valence-corrected chi connectivity index (χ2v) is 8.54. The van der Waals surface area contributed by atoms with Crippen LogP contribution in [0.2, 0.25) is 0 Å². The second kappa shape index (κ2) is 7.62. The number of nitrogens with one attached hydrogen (secondary N) is 1. The maximum absolute atomic E-state index is 13.7. The number of imidazole rings is 1. The summed E-state index contributed by atoms with van der Waals surface area (Å²) >= 11 is 0. The van der Waals surface area contributed by atoms with Crippen LogP contribution in [0.5, 0.6) is 5.75 Å². The van der Waals surface area contributed by atoms with Gasteiger partial charge in [0.05, 0.1) is 17.6 Å². The Hall–Kier alpha value is -4.33. The van der Waals surface area contributed by atoms with E-state index >= 15 is 0 Å². The summed E-state index contributed by atoms with van der Waals surface area (Å²) < 4.78 is 21.4. The first-order valence-electron chi connectivity index (χ1n) is 11.0. The number of rotatable bonds is 2. The lowest BCUT2D eigenvalue weighted by atomic mass is 10.0. The minimum atomic E-state index is -0.322. The van der Waals surface area contributed by atoms with Gasteiger partial charge in [-0.05, 0) is 59.7 Å². The Morgan fingerprint density at radius 3 is 2.79 bits per heavy atom. The Morgan fingerprint density at radius 2 is 1.91 bits per heavy atom. The van der Waals surface area contributed by atoms with Gasteiger partial charge in [-0.25, -0.2) is 9.37 Å². The number of amides is 1. The van der Waals surface area contributed by atoms with Crippen LogP contribution in [0.25, 0.3) is 33.1 Å². The zero-order valence-corrected chi connectivity index (χ0v) is 18.5. The number of carbonyl (C=O) groups excluding carboxylic acids is 1. The van der Waals surface area contributed by atoms with Crippen molar-refractivity contribution < 1.29 is 13.9 Å². The van der Waals surface area contributed by atoms with Crippen molar-refractivity contribution in [2.75, 3.05) is 18.9 Å². The number of H-pyrrole nitrogens is 1. The van der Waals surface area contributed by atoms with E-state index in [1.54, 1.807) is 17.0 Å². The van der Waals surface area contributed by atoms with E-state index in [0.29, 0.717) is 36.7 Å². The van der Waals surface area contributed by atoms with Crippen LogP contribution in [0.15, 0.2) is 60.7 Å². The minimum Gasteiger partial charge on any atom is -0.491 e. The molecule has 0 aliphatic carbocycles. The molecule has 0 saturated heterocycles. The molecule has 1 amide bonds. The van der Waals surface area contributed by atoms with Gasteiger partial charge in [0.1, 0.15) is 23.9 Å². The van der Waals surface area contributed by atoms with E-state index in [2.05, 4.69) is 16.0 Å². The maximum atomic E-state index is 13.7. The summed E-state index contributed by atoms with van der Waals surface area (Å²) in [5, 5.41) is 0.703. The second-order valence-electron chi connectivity index (χ2n) is 8.54. The number of anilines is 1. The van der Waals surface area contributed by atoms with Crippen LogP contribution in [0, 0.1) is 5.82 Å². The van der Waals surface area contributed by atoms with Crippen LogP contribution >= 0.6 is 0 Å². The molecule has 5 aromatic rings.